The summed E-state index contributed by atoms with van der Waals surface area (Å²) in [4.78, 5) is 16.3. The first-order valence-electron chi connectivity index (χ1n) is 6.61. The standard InChI is InChI=1S/C14H21ClN2OS/c1-4-12-8-11(9-13(15)17-12)14(18)16-10(3)6-7-19-5-2/h8-10H,4-7H2,1-3H3,(H,16,18). The van der Waals surface area contributed by atoms with Gasteiger partial charge in [-0.25, -0.2) is 4.98 Å². The van der Waals surface area contributed by atoms with Crippen molar-refractivity contribution in [3.8, 4) is 0 Å². The molecule has 1 aromatic heterocycles. The Kier molecular flexibility index (Phi) is 7.24. The quantitative estimate of drug-likeness (QED) is 0.618. The lowest BCUT2D eigenvalue weighted by molar-refractivity contribution is 0.0939. The van der Waals surface area contributed by atoms with Crippen LogP contribution in [0.25, 0.3) is 0 Å². The van der Waals surface area contributed by atoms with E-state index in [9.17, 15) is 4.79 Å². The zero-order valence-corrected chi connectivity index (χ0v) is 13.3. The van der Waals surface area contributed by atoms with Gasteiger partial charge in [0.15, 0.2) is 0 Å². The van der Waals surface area contributed by atoms with Gasteiger partial charge in [-0.15, -0.1) is 0 Å². The molecule has 1 N–H and O–H groups in total. The van der Waals surface area contributed by atoms with Crippen LogP contribution >= 0.6 is 23.4 Å². The number of hydrogen-bond donors (Lipinski definition) is 1. The molecule has 19 heavy (non-hydrogen) atoms. The summed E-state index contributed by atoms with van der Waals surface area (Å²) in [7, 11) is 0. The van der Waals surface area contributed by atoms with E-state index in [-0.39, 0.29) is 11.9 Å². The number of thioether (sulfide) groups is 1. The van der Waals surface area contributed by atoms with Crippen LogP contribution in [-0.4, -0.2) is 28.4 Å². The predicted octanol–water partition coefficient (Wildman–Crippen LogP) is 3.56. The molecule has 0 aliphatic carbocycles. The van der Waals surface area contributed by atoms with Gasteiger partial charge in [-0.1, -0.05) is 25.4 Å². The van der Waals surface area contributed by atoms with Gasteiger partial charge >= 0.3 is 0 Å². The second-order valence-corrected chi connectivity index (χ2v) is 6.16. The lowest BCUT2D eigenvalue weighted by Gasteiger charge is -2.14. The number of pyridine rings is 1. The zero-order valence-electron chi connectivity index (χ0n) is 11.7. The zero-order chi connectivity index (χ0) is 14.3. The van der Waals surface area contributed by atoms with Gasteiger partial charge in [0, 0.05) is 17.3 Å². The Balaban J connectivity index is 2.59. The number of amides is 1. The number of aryl methyl sites for hydroxylation is 1. The Morgan fingerprint density at radius 3 is 2.84 bits per heavy atom. The number of carbonyl (C=O) groups is 1. The van der Waals surface area contributed by atoms with Gasteiger partial charge in [0.25, 0.3) is 5.91 Å². The number of hydrogen-bond acceptors (Lipinski definition) is 3. The minimum atomic E-state index is -0.0759. The number of nitrogens with one attached hydrogen (secondary N) is 1. The molecule has 0 radical (unpaired) electrons. The summed E-state index contributed by atoms with van der Waals surface area (Å²) in [6.45, 7) is 6.15. The first-order chi connectivity index (χ1) is 9.06. The van der Waals surface area contributed by atoms with Gasteiger partial charge < -0.3 is 5.32 Å². The molecule has 0 bridgehead atoms. The van der Waals surface area contributed by atoms with E-state index >= 15 is 0 Å². The Morgan fingerprint density at radius 2 is 2.21 bits per heavy atom. The molecule has 3 nitrogen and oxygen atoms in total. The number of halogens is 1. The van der Waals surface area contributed by atoms with Crippen LogP contribution in [0.2, 0.25) is 5.15 Å². The van der Waals surface area contributed by atoms with E-state index in [1.54, 1.807) is 12.1 Å². The molecule has 1 atom stereocenters. The fourth-order valence-corrected chi connectivity index (χ4v) is 2.68. The number of rotatable bonds is 7. The fourth-order valence-electron chi connectivity index (χ4n) is 1.65. The van der Waals surface area contributed by atoms with Gasteiger partial charge in [0.1, 0.15) is 5.15 Å². The van der Waals surface area contributed by atoms with Crippen molar-refractivity contribution >= 4 is 29.3 Å². The van der Waals surface area contributed by atoms with Crippen molar-refractivity contribution in [2.45, 2.75) is 39.7 Å². The van der Waals surface area contributed by atoms with Crippen LogP contribution < -0.4 is 5.32 Å². The van der Waals surface area contributed by atoms with Crippen molar-refractivity contribution in [3.05, 3.63) is 28.5 Å². The third-order valence-corrected chi connectivity index (χ3v) is 3.87. The second kappa shape index (κ2) is 8.43. The van der Waals surface area contributed by atoms with E-state index in [0.29, 0.717) is 10.7 Å². The Labute approximate surface area is 124 Å². The minimum absolute atomic E-state index is 0.0759. The van der Waals surface area contributed by atoms with E-state index in [2.05, 4.69) is 17.2 Å². The van der Waals surface area contributed by atoms with Crippen LogP contribution in [0.1, 0.15) is 43.2 Å². The molecule has 0 fully saturated rings. The van der Waals surface area contributed by atoms with Crippen molar-refractivity contribution in [2.24, 2.45) is 0 Å². The second-order valence-electron chi connectivity index (χ2n) is 4.38. The smallest absolute Gasteiger partial charge is 0.251 e. The molecule has 0 saturated carbocycles. The highest BCUT2D eigenvalue weighted by Crippen LogP contribution is 2.12. The van der Waals surface area contributed by atoms with Crippen molar-refractivity contribution in [2.75, 3.05) is 11.5 Å². The van der Waals surface area contributed by atoms with Gasteiger partial charge in [-0.05, 0) is 43.4 Å². The van der Waals surface area contributed by atoms with Gasteiger partial charge in [-0.2, -0.15) is 11.8 Å². The maximum absolute atomic E-state index is 12.1. The third-order valence-electron chi connectivity index (χ3n) is 2.75. The first-order valence-corrected chi connectivity index (χ1v) is 8.15. The topological polar surface area (TPSA) is 42.0 Å². The SMILES string of the molecule is CCSCCC(C)NC(=O)c1cc(Cl)nc(CC)c1. The van der Waals surface area contributed by atoms with Crippen LogP contribution in [0.5, 0.6) is 0 Å². The molecule has 1 rings (SSSR count). The Morgan fingerprint density at radius 1 is 1.47 bits per heavy atom. The van der Waals surface area contributed by atoms with E-state index < -0.39 is 0 Å². The monoisotopic (exact) mass is 300 g/mol. The van der Waals surface area contributed by atoms with E-state index in [1.807, 2.05) is 25.6 Å². The van der Waals surface area contributed by atoms with Crippen molar-refractivity contribution in [1.82, 2.24) is 10.3 Å². The van der Waals surface area contributed by atoms with Crippen LogP contribution in [-0.2, 0) is 6.42 Å². The summed E-state index contributed by atoms with van der Waals surface area (Å²) in [6.07, 6.45) is 1.74. The van der Waals surface area contributed by atoms with E-state index in [0.717, 1.165) is 30.0 Å². The molecule has 0 aliphatic rings. The molecule has 0 aromatic carbocycles. The molecule has 0 saturated heterocycles. The average Bonchev–Trinajstić information content (AvgIpc) is 2.38. The summed E-state index contributed by atoms with van der Waals surface area (Å²) in [5.74, 6) is 2.10. The molecule has 1 aromatic rings. The molecule has 1 amide bonds. The summed E-state index contributed by atoms with van der Waals surface area (Å²) < 4.78 is 0. The fraction of sp³-hybridized carbons (Fsp3) is 0.571. The highest BCUT2D eigenvalue weighted by molar-refractivity contribution is 7.99. The molecular formula is C14H21ClN2OS. The number of carbonyl (C=O) groups excluding carboxylic acids is 1. The molecule has 1 unspecified atom stereocenters. The van der Waals surface area contributed by atoms with Crippen LogP contribution in [0, 0.1) is 0 Å². The summed E-state index contributed by atoms with van der Waals surface area (Å²) in [5, 5.41) is 3.37. The molecule has 1 heterocycles. The number of nitrogens with zero attached hydrogens (tertiary/aromatic N) is 1. The van der Waals surface area contributed by atoms with Crippen molar-refractivity contribution < 1.29 is 4.79 Å². The molecule has 0 aliphatic heterocycles. The Hall–Kier alpha value is -0.740. The minimum Gasteiger partial charge on any atom is -0.350 e. The summed E-state index contributed by atoms with van der Waals surface area (Å²) >= 11 is 7.80. The van der Waals surface area contributed by atoms with Gasteiger partial charge in [0.05, 0.1) is 0 Å². The molecule has 0 spiro atoms. The average molecular weight is 301 g/mol. The predicted molar refractivity (Wildman–Crippen MR) is 83.2 cm³/mol. The van der Waals surface area contributed by atoms with Crippen molar-refractivity contribution in [1.29, 1.82) is 0 Å². The lowest BCUT2D eigenvalue weighted by atomic mass is 10.1. The molecule has 106 valence electrons. The first kappa shape index (κ1) is 16.3. The maximum atomic E-state index is 12.1. The van der Waals surface area contributed by atoms with E-state index in [4.69, 9.17) is 11.6 Å². The van der Waals surface area contributed by atoms with Crippen LogP contribution in [0.15, 0.2) is 12.1 Å². The summed E-state index contributed by atoms with van der Waals surface area (Å²) in [5.41, 5.74) is 1.43. The molecular weight excluding hydrogens is 280 g/mol. The van der Waals surface area contributed by atoms with Gasteiger partial charge in [-0.3, -0.25) is 4.79 Å². The number of aromatic nitrogens is 1. The summed E-state index contributed by atoms with van der Waals surface area (Å²) in [6, 6.07) is 3.58. The van der Waals surface area contributed by atoms with Gasteiger partial charge in [0.2, 0.25) is 0 Å². The van der Waals surface area contributed by atoms with Crippen LogP contribution in [0.3, 0.4) is 0 Å². The largest absolute Gasteiger partial charge is 0.350 e. The Bertz CT molecular complexity index is 426. The lowest BCUT2D eigenvalue weighted by Crippen LogP contribution is -2.33. The van der Waals surface area contributed by atoms with E-state index in [1.165, 1.54) is 0 Å². The van der Waals surface area contributed by atoms with Crippen LogP contribution in [0.4, 0.5) is 0 Å². The maximum Gasteiger partial charge on any atom is 0.251 e. The highest BCUT2D eigenvalue weighted by atomic mass is 35.5. The van der Waals surface area contributed by atoms with Crippen molar-refractivity contribution in [3.63, 3.8) is 0 Å². The highest BCUT2D eigenvalue weighted by Gasteiger charge is 2.11. The normalized spacial score (nSPS) is 12.2. The third kappa shape index (κ3) is 5.83. The molecule has 5 heteroatoms.